The number of hydrogen-bond acceptors (Lipinski definition) is 5. The van der Waals surface area contributed by atoms with Gasteiger partial charge in [0.2, 0.25) is 10.0 Å². The first-order valence-electron chi connectivity index (χ1n) is 8.73. The molecule has 0 aromatic heterocycles. The standard InChI is InChI=1S/C22H19NO5S/c1-23(2)29(26,27)20-10-6-9-18(15-20)22(25)28-19-13-11-17(12-14-19)21(24)16-7-4-3-5-8-16/h3-15H,1-2H3. The zero-order chi connectivity index (χ0) is 21.0. The minimum absolute atomic E-state index is 0.000700. The Labute approximate surface area is 169 Å². The maximum absolute atomic E-state index is 12.4. The molecule has 0 saturated carbocycles. The molecule has 0 saturated heterocycles. The summed E-state index contributed by atoms with van der Waals surface area (Å²) in [5.74, 6) is -0.575. The van der Waals surface area contributed by atoms with Crippen LogP contribution in [0.2, 0.25) is 0 Å². The maximum Gasteiger partial charge on any atom is 0.343 e. The first kappa shape index (κ1) is 20.4. The lowest BCUT2D eigenvalue weighted by Gasteiger charge is -2.12. The van der Waals surface area contributed by atoms with Gasteiger partial charge in [0.05, 0.1) is 10.5 Å². The third-order valence-corrected chi connectivity index (χ3v) is 6.02. The van der Waals surface area contributed by atoms with Gasteiger partial charge in [-0.25, -0.2) is 17.5 Å². The summed E-state index contributed by atoms with van der Waals surface area (Å²) in [4.78, 5) is 24.8. The predicted molar refractivity (Wildman–Crippen MR) is 109 cm³/mol. The molecule has 0 unspecified atom stereocenters. The van der Waals surface area contributed by atoms with Gasteiger partial charge in [0, 0.05) is 25.2 Å². The SMILES string of the molecule is CN(C)S(=O)(=O)c1cccc(C(=O)Oc2ccc(C(=O)c3ccccc3)cc2)c1. The maximum atomic E-state index is 12.4. The Kier molecular flexibility index (Phi) is 5.91. The quantitative estimate of drug-likeness (QED) is 0.354. The Bertz CT molecular complexity index is 1140. The number of ketones is 1. The van der Waals surface area contributed by atoms with E-state index < -0.39 is 16.0 Å². The van der Waals surface area contributed by atoms with E-state index in [1.54, 1.807) is 36.4 Å². The highest BCUT2D eigenvalue weighted by Gasteiger charge is 2.19. The van der Waals surface area contributed by atoms with Crippen LogP contribution in [0.15, 0.2) is 83.8 Å². The molecule has 0 amide bonds. The predicted octanol–water partition coefficient (Wildman–Crippen LogP) is 3.39. The lowest BCUT2D eigenvalue weighted by Crippen LogP contribution is -2.22. The van der Waals surface area contributed by atoms with Gasteiger partial charge in [-0.1, -0.05) is 36.4 Å². The van der Waals surface area contributed by atoms with E-state index in [9.17, 15) is 18.0 Å². The highest BCUT2D eigenvalue weighted by Crippen LogP contribution is 2.19. The van der Waals surface area contributed by atoms with E-state index in [4.69, 9.17) is 4.74 Å². The number of carbonyl (C=O) groups excluding carboxylic acids is 2. The van der Waals surface area contributed by atoms with Crippen molar-refractivity contribution in [1.29, 1.82) is 0 Å². The van der Waals surface area contributed by atoms with Crippen LogP contribution < -0.4 is 4.74 Å². The molecule has 7 heteroatoms. The van der Waals surface area contributed by atoms with Crippen LogP contribution >= 0.6 is 0 Å². The Hall–Kier alpha value is -3.29. The summed E-state index contributed by atoms with van der Waals surface area (Å²) in [6, 6.07) is 20.7. The summed E-state index contributed by atoms with van der Waals surface area (Å²) in [5.41, 5.74) is 1.14. The number of hydrogen-bond donors (Lipinski definition) is 0. The van der Waals surface area contributed by atoms with Crippen molar-refractivity contribution in [3.63, 3.8) is 0 Å². The van der Waals surface area contributed by atoms with Gasteiger partial charge >= 0.3 is 5.97 Å². The fourth-order valence-electron chi connectivity index (χ4n) is 2.59. The average molecular weight is 409 g/mol. The molecule has 0 radical (unpaired) electrons. The molecule has 0 aliphatic carbocycles. The molecule has 0 N–H and O–H groups in total. The second kappa shape index (κ2) is 8.38. The van der Waals surface area contributed by atoms with Crippen molar-refractivity contribution in [3.8, 4) is 5.75 Å². The van der Waals surface area contributed by atoms with Gasteiger partial charge in [-0.2, -0.15) is 0 Å². The molecule has 0 atom stereocenters. The zero-order valence-electron chi connectivity index (χ0n) is 15.9. The zero-order valence-corrected chi connectivity index (χ0v) is 16.7. The second-order valence-electron chi connectivity index (χ2n) is 6.42. The van der Waals surface area contributed by atoms with E-state index in [0.717, 1.165) is 4.31 Å². The fourth-order valence-corrected chi connectivity index (χ4v) is 3.54. The van der Waals surface area contributed by atoms with Crippen LogP contribution in [-0.4, -0.2) is 38.6 Å². The molecule has 0 aliphatic heterocycles. The van der Waals surface area contributed by atoms with Crippen LogP contribution in [0.1, 0.15) is 26.3 Å². The third-order valence-electron chi connectivity index (χ3n) is 4.21. The van der Waals surface area contributed by atoms with Gasteiger partial charge in [0.25, 0.3) is 0 Å². The molecule has 0 aliphatic rings. The number of carbonyl (C=O) groups is 2. The number of rotatable bonds is 6. The molecule has 3 rings (SSSR count). The second-order valence-corrected chi connectivity index (χ2v) is 8.58. The highest BCUT2D eigenvalue weighted by atomic mass is 32.2. The monoisotopic (exact) mass is 409 g/mol. The molecule has 29 heavy (non-hydrogen) atoms. The lowest BCUT2D eigenvalue weighted by molar-refractivity contribution is 0.0734. The molecule has 0 bridgehead atoms. The van der Waals surface area contributed by atoms with Crippen LogP contribution in [0.5, 0.6) is 5.75 Å². The van der Waals surface area contributed by atoms with Crippen molar-refractivity contribution in [2.24, 2.45) is 0 Å². The van der Waals surface area contributed by atoms with Crippen LogP contribution in [0.3, 0.4) is 0 Å². The summed E-state index contributed by atoms with van der Waals surface area (Å²) < 4.78 is 30.8. The van der Waals surface area contributed by atoms with E-state index in [2.05, 4.69) is 0 Å². The fraction of sp³-hybridized carbons (Fsp3) is 0.0909. The van der Waals surface area contributed by atoms with Crippen molar-refractivity contribution >= 4 is 21.8 Å². The molecule has 3 aromatic carbocycles. The van der Waals surface area contributed by atoms with Crippen molar-refractivity contribution in [3.05, 3.63) is 95.6 Å². The Morgan fingerprint density at radius 1 is 0.759 bits per heavy atom. The number of nitrogens with zero attached hydrogens (tertiary/aromatic N) is 1. The third kappa shape index (κ3) is 4.59. The minimum atomic E-state index is -3.66. The van der Waals surface area contributed by atoms with Gasteiger partial charge < -0.3 is 4.74 Å². The number of sulfonamides is 1. The molecule has 0 heterocycles. The summed E-state index contributed by atoms with van der Waals surface area (Å²) in [5, 5.41) is 0. The van der Waals surface area contributed by atoms with E-state index in [1.807, 2.05) is 6.07 Å². The normalized spacial score (nSPS) is 11.3. The van der Waals surface area contributed by atoms with Crippen molar-refractivity contribution in [1.82, 2.24) is 4.31 Å². The number of esters is 1. The van der Waals surface area contributed by atoms with Crippen molar-refractivity contribution in [2.75, 3.05) is 14.1 Å². The van der Waals surface area contributed by atoms with E-state index in [0.29, 0.717) is 11.1 Å². The Morgan fingerprint density at radius 3 is 1.97 bits per heavy atom. The van der Waals surface area contributed by atoms with Crippen LogP contribution in [0, 0.1) is 0 Å². The first-order chi connectivity index (χ1) is 13.8. The first-order valence-corrected chi connectivity index (χ1v) is 10.2. The molecular formula is C22H19NO5S. The van der Waals surface area contributed by atoms with E-state index in [-0.39, 0.29) is 22.0 Å². The molecule has 3 aromatic rings. The molecule has 6 nitrogen and oxygen atoms in total. The summed E-state index contributed by atoms with van der Waals surface area (Å²) in [7, 11) is -0.829. The minimum Gasteiger partial charge on any atom is -0.423 e. The molecular weight excluding hydrogens is 390 g/mol. The topological polar surface area (TPSA) is 80.8 Å². The summed E-state index contributed by atoms with van der Waals surface area (Å²) >= 11 is 0. The van der Waals surface area contributed by atoms with Crippen LogP contribution in [-0.2, 0) is 10.0 Å². The highest BCUT2D eigenvalue weighted by molar-refractivity contribution is 7.89. The Balaban J connectivity index is 1.76. The van der Waals surface area contributed by atoms with Gasteiger partial charge in [0.15, 0.2) is 5.78 Å². The Morgan fingerprint density at radius 2 is 1.34 bits per heavy atom. The smallest absolute Gasteiger partial charge is 0.343 e. The lowest BCUT2D eigenvalue weighted by atomic mass is 10.0. The number of ether oxygens (including phenoxy) is 1. The summed E-state index contributed by atoms with van der Waals surface area (Å²) in [6.45, 7) is 0. The van der Waals surface area contributed by atoms with Crippen LogP contribution in [0.4, 0.5) is 0 Å². The molecule has 0 fully saturated rings. The summed E-state index contributed by atoms with van der Waals surface area (Å²) in [6.07, 6.45) is 0. The van der Waals surface area contributed by atoms with E-state index >= 15 is 0 Å². The van der Waals surface area contributed by atoms with Gasteiger partial charge in [0.1, 0.15) is 5.75 Å². The van der Waals surface area contributed by atoms with Gasteiger partial charge in [-0.3, -0.25) is 4.79 Å². The number of benzene rings is 3. The average Bonchev–Trinajstić information content (AvgIpc) is 2.74. The van der Waals surface area contributed by atoms with Gasteiger partial charge in [-0.05, 0) is 42.5 Å². The molecule has 148 valence electrons. The largest absolute Gasteiger partial charge is 0.423 e. The van der Waals surface area contributed by atoms with Crippen molar-refractivity contribution < 1.29 is 22.7 Å². The molecule has 0 spiro atoms. The van der Waals surface area contributed by atoms with E-state index in [1.165, 1.54) is 50.5 Å². The van der Waals surface area contributed by atoms with Crippen LogP contribution in [0.25, 0.3) is 0 Å². The van der Waals surface area contributed by atoms with Gasteiger partial charge in [-0.15, -0.1) is 0 Å². The van der Waals surface area contributed by atoms with Crippen molar-refractivity contribution in [2.45, 2.75) is 4.90 Å².